The predicted molar refractivity (Wildman–Crippen MR) is 110 cm³/mol. The molecule has 0 aliphatic carbocycles. The molecule has 0 radical (unpaired) electrons. The number of ether oxygens (including phenoxy) is 2. The summed E-state index contributed by atoms with van der Waals surface area (Å²) in [6, 6.07) is 16.8. The number of amides is 2. The zero-order valence-corrected chi connectivity index (χ0v) is 16.7. The van der Waals surface area contributed by atoms with Crippen LogP contribution in [-0.2, 0) is 9.53 Å². The van der Waals surface area contributed by atoms with Crippen molar-refractivity contribution in [2.45, 2.75) is 24.9 Å². The fourth-order valence-electron chi connectivity index (χ4n) is 4.14. The number of nitrogens with zero attached hydrogens (tertiary/aromatic N) is 2. The number of carbonyl (C=O) groups excluding carboxylic acids is 2. The Morgan fingerprint density at radius 2 is 1.79 bits per heavy atom. The lowest BCUT2D eigenvalue weighted by Crippen LogP contribution is -2.61. The van der Waals surface area contributed by atoms with E-state index in [0.29, 0.717) is 37.4 Å². The van der Waals surface area contributed by atoms with Crippen LogP contribution in [0.5, 0.6) is 5.75 Å². The minimum Gasteiger partial charge on any atom is -0.497 e. The summed E-state index contributed by atoms with van der Waals surface area (Å²) < 4.78 is 11.3. The number of para-hydroxylation sites is 1. The molecule has 2 heterocycles. The highest BCUT2D eigenvalue weighted by Crippen LogP contribution is 2.32. The molecular formula is C23H26N2O4. The Balaban J connectivity index is 1.57. The molecule has 2 aliphatic rings. The maximum Gasteiger partial charge on any atom is 0.261 e. The highest BCUT2D eigenvalue weighted by atomic mass is 16.5. The average molecular weight is 394 g/mol. The standard InChI is InChI=1S/C23H26N2O4/c1-28-20-11-9-18(10-12-20)21(26)24-15-16-29-23(17-24)13-5-6-14-25(22(23)27)19-7-3-2-4-8-19/h2-4,7-12H,5-6,13-17H2,1H3. The minimum absolute atomic E-state index is 0.0477. The van der Waals surface area contributed by atoms with Crippen LogP contribution in [0.4, 0.5) is 5.69 Å². The highest BCUT2D eigenvalue weighted by Gasteiger charge is 2.48. The largest absolute Gasteiger partial charge is 0.497 e. The first kappa shape index (κ1) is 19.5. The highest BCUT2D eigenvalue weighted by molar-refractivity contribution is 6.01. The van der Waals surface area contributed by atoms with Crippen LogP contribution in [0.25, 0.3) is 0 Å². The summed E-state index contributed by atoms with van der Waals surface area (Å²) in [6.07, 6.45) is 2.43. The summed E-state index contributed by atoms with van der Waals surface area (Å²) in [4.78, 5) is 30.2. The quantitative estimate of drug-likeness (QED) is 0.803. The van der Waals surface area contributed by atoms with E-state index in [9.17, 15) is 9.59 Å². The lowest BCUT2D eigenvalue weighted by Gasteiger charge is -2.42. The third-order valence-corrected chi connectivity index (χ3v) is 5.73. The minimum atomic E-state index is -0.979. The van der Waals surface area contributed by atoms with Crippen LogP contribution < -0.4 is 9.64 Å². The van der Waals surface area contributed by atoms with Gasteiger partial charge in [-0.25, -0.2) is 0 Å². The van der Waals surface area contributed by atoms with Gasteiger partial charge in [-0.1, -0.05) is 18.2 Å². The number of morpholine rings is 1. The summed E-state index contributed by atoms with van der Waals surface area (Å²) in [6.45, 7) is 1.78. The molecular weight excluding hydrogens is 368 g/mol. The first-order valence-corrected chi connectivity index (χ1v) is 10.1. The van der Waals surface area contributed by atoms with Crippen molar-refractivity contribution in [3.05, 3.63) is 60.2 Å². The van der Waals surface area contributed by atoms with Crippen molar-refractivity contribution in [1.29, 1.82) is 0 Å². The van der Waals surface area contributed by atoms with E-state index in [4.69, 9.17) is 9.47 Å². The van der Waals surface area contributed by atoms with Crippen molar-refractivity contribution in [3.63, 3.8) is 0 Å². The van der Waals surface area contributed by atoms with Gasteiger partial charge in [-0.15, -0.1) is 0 Å². The third kappa shape index (κ3) is 3.85. The molecule has 1 unspecified atom stereocenters. The van der Waals surface area contributed by atoms with Gasteiger partial charge in [-0.05, 0) is 55.7 Å². The zero-order chi connectivity index (χ0) is 20.3. The summed E-state index contributed by atoms with van der Waals surface area (Å²) in [7, 11) is 1.60. The first-order chi connectivity index (χ1) is 14.1. The molecule has 2 saturated heterocycles. The van der Waals surface area contributed by atoms with Crippen molar-refractivity contribution in [2.75, 3.05) is 38.3 Å². The molecule has 1 spiro atoms. The Morgan fingerprint density at radius 3 is 2.52 bits per heavy atom. The van der Waals surface area contributed by atoms with Gasteiger partial charge in [-0.2, -0.15) is 0 Å². The monoisotopic (exact) mass is 394 g/mol. The van der Waals surface area contributed by atoms with Crippen LogP contribution in [0.15, 0.2) is 54.6 Å². The van der Waals surface area contributed by atoms with Gasteiger partial charge in [-0.3, -0.25) is 9.59 Å². The third-order valence-electron chi connectivity index (χ3n) is 5.73. The zero-order valence-electron chi connectivity index (χ0n) is 16.7. The number of benzene rings is 2. The number of anilines is 1. The summed E-state index contributed by atoms with van der Waals surface area (Å²) in [5.74, 6) is 0.574. The van der Waals surface area contributed by atoms with Crippen LogP contribution in [0, 0.1) is 0 Å². The Bertz CT molecular complexity index is 868. The number of hydrogen-bond acceptors (Lipinski definition) is 4. The van der Waals surface area contributed by atoms with Crippen LogP contribution in [0.2, 0.25) is 0 Å². The van der Waals surface area contributed by atoms with Crippen LogP contribution >= 0.6 is 0 Å². The van der Waals surface area contributed by atoms with Gasteiger partial charge >= 0.3 is 0 Å². The van der Waals surface area contributed by atoms with E-state index in [1.165, 1.54) is 0 Å². The lowest BCUT2D eigenvalue weighted by molar-refractivity contribution is -0.155. The molecule has 2 aliphatic heterocycles. The Labute approximate surface area is 171 Å². The smallest absolute Gasteiger partial charge is 0.261 e. The van der Waals surface area contributed by atoms with Gasteiger partial charge in [0.15, 0.2) is 5.60 Å². The van der Waals surface area contributed by atoms with E-state index in [1.54, 1.807) is 36.3 Å². The van der Waals surface area contributed by atoms with E-state index >= 15 is 0 Å². The van der Waals surface area contributed by atoms with Gasteiger partial charge in [0.1, 0.15) is 5.75 Å². The number of rotatable bonds is 3. The Kier molecular flexibility index (Phi) is 5.53. The second-order valence-electron chi connectivity index (χ2n) is 7.55. The van der Waals surface area contributed by atoms with E-state index in [0.717, 1.165) is 18.5 Å². The number of methoxy groups -OCH3 is 1. The molecule has 29 heavy (non-hydrogen) atoms. The van der Waals surface area contributed by atoms with Gasteiger partial charge in [0.25, 0.3) is 11.8 Å². The van der Waals surface area contributed by atoms with Gasteiger partial charge < -0.3 is 19.3 Å². The van der Waals surface area contributed by atoms with Crippen LogP contribution in [0.3, 0.4) is 0 Å². The summed E-state index contributed by atoms with van der Waals surface area (Å²) >= 11 is 0. The molecule has 0 N–H and O–H groups in total. The second-order valence-corrected chi connectivity index (χ2v) is 7.55. The first-order valence-electron chi connectivity index (χ1n) is 10.1. The molecule has 6 heteroatoms. The molecule has 2 fully saturated rings. The van der Waals surface area contributed by atoms with Crippen molar-refractivity contribution < 1.29 is 19.1 Å². The maximum absolute atomic E-state index is 13.6. The summed E-state index contributed by atoms with van der Waals surface area (Å²) in [5.41, 5.74) is 0.483. The molecule has 0 bridgehead atoms. The molecule has 4 rings (SSSR count). The maximum atomic E-state index is 13.6. The lowest BCUT2D eigenvalue weighted by atomic mass is 9.93. The molecule has 152 valence electrons. The SMILES string of the molecule is COc1ccc(C(=O)N2CCOC3(CCCCN(c4ccccc4)C3=O)C2)cc1. The Morgan fingerprint density at radius 1 is 1.03 bits per heavy atom. The van der Waals surface area contributed by atoms with Gasteiger partial charge in [0, 0.05) is 24.3 Å². The molecule has 1 atom stereocenters. The molecule has 2 aromatic carbocycles. The molecule has 6 nitrogen and oxygen atoms in total. The predicted octanol–water partition coefficient (Wildman–Crippen LogP) is 3.12. The number of carbonyl (C=O) groups is 2. The summed E-state index contributed by atoms with van der Waals surface area (Å²) in [5, 5.41) is 0. The van der Waals surface area contributed by atoms with Crippen molar-refractivity contribution >= 4 is 17.5 Å². The Hall–Kier alpha value is -2.86. The topological polar surface area (TPSA) is 59.1 Å². The molecule has 2 aromatic rings. The van der Waals surface area contributed by atoms with Crippen molar-refractivity contribution in [3.8, 4) is 5.75 Å². The van der Waals surface area contributed by atoms with Gasteiger partial charge in [0.2, 0.25) is 0 Å². The number of hydrogen-bond donors (Lipinski definition) is 0. The van der Waals surface area contributed by atoms with E-state index in [-0.39, 0.29) is 18.4 Å². The van der Waals surface area contributed by atoms with Crippen LogP contribution in [-0.4, -0.2) is 55.7 Å². The fourth-order valence-corrected chi connectivity index (χ4v) is 4.14. The van der Waals surface area contributed by atoms with Crippen molar-refractivity contribution in [1.82, 2.24) is 4.90 Å². The normalized spacial score (nSPS) is 22.4. The van der Waals surface area contributed by atoms with Gasteiger partial charge in [0.05, 0.1) is 20.3 Å². The molecule has 2 amide bonds. The van der Waals surface area contributed by atoms with E-state index in [2.05, 4.69) is 0 Å². The van der Waals surface area contributed by atoms with E-state index < -0.39 is 5.60 Å². The second kappa shape index (κ2) is 8.25. The van der Waals surface area contributed by atoms with Crippen LogP contribution in [0.1, 0.15) is 29.6 Å². The fraction of sp³-hybridized carbons (Fsp3) is 0.391. The van der Waals surface area contributed by atoms with E-state index in [1.807, 2.05) is 35.2 Å². The average Bonchev–Trinajstić information content (AvgIpc) is 2.93. The molecule has 0 aromatic heterocycles. The molecule has 0 saturated carbocycles. The van der Waals surface area contributed by atoms with Crippen molar-refractivity contribution in [2.24, 2.45) is 0 Å².